The van der Waals surface area contributed by atoms with Gasteiger partial charge in [0.05, 0.1) is 12.0 Å². The smallest absolute Gasteiger partial charge is 0.339 e. The van der Waals surface area contributed by atoms with Crippen molar-refractivity contribution in [1.82, 2.24) is 0 Å². The molecule has 2 aromatic rings. The number of rotatable bonds is 4. The molecule has 0 saturated heterocycles. The minimum Gasteiger partial charge on any atom is -0.478 e. The van der Waals surface area contributed by atoms with Gasteiger partial charge in [-0.25, -0.2) is 4.79 Å². The van der Waals surface area contributed by atoms with Crippen LogP contribution in [0.3, 0.4) is 0 Å². The third-order valence-corrected chi connectivity index (χ3v) is 3.62. The van der Waals surface area contributed by atoms with E-state index in [0.29, 0.717) is 22.2 Å². The number of anilines is 1. The van der Waals surface area contributed by atoms with E-state index < -0.39 is 5.97 Å². The monoisotopic (exact) mass is 283 g/mol. The molecule has 3 N–H and O–H groups in total. The molecule has 0 aliphatic rings. The fourth-order valence-electron chi connectivity index (χ4n) is 1.42. The van der Waals surface area contributed by atoms with Gasteiger partial charge in [-0.3, -0.25) is 0 Å². The number of nitrogens with two attached hydrogens (primary N) is 1. The average molecular weight is 284 g/mol. The summed E-state index contributed by atoms with van der Waals surface area (Å²) in [5, 5.41) is 9.52. The largest absolute Gasteiger partial charge is 0.478 e. The van der Waals surface area contributed by atoms with Crippen LogP contribution in [-0.2, 0) is 5.75 Å². The van der Waals surface area contributed by atoms with Gasteiger partial charge in [0.25, 0.3) is 0 Å². The Hall–Kier alpha value is -1.59. The molecule has 0 atom stereocenters. The fraction of sp³-hybridized carbons (Fsp3) is 0.0833. The van der Waals surface area contributed by atoms with Crippen molar-refractivity contribution in [3.05, 3.63) is 46.9 Å². The zero-order chi connectivity index (χ0) is 13.1. The molecule has 6 heteroatoms. The third-order valence-electron chi connectivity index (χ3n) is 2.31. The molecule has 0 radical (unpaired) electrons. The molecule has 2 rings (SSSR count). The maximum absolute atomic E-state index is 10.9. The van der Waals surface area contributed by atoms with E-state index in [1.165, 1.54) is 24.1 Å². The summed E-state index contributed by atoms with van der Waals surface area (Å²) in [5.41, 5.74) is 6.57. The van der Waals surface area contributed by atoms with Gasteiger partial charge in [0.2, 0.25) is 0 Å². The summed E-state index contributed by atoms with van der Waals surface area (Å²) in [6.45, 7) is 0. The highest BCUT2D eigenvalue weighted by atomic mass is 35.5. The maximum Gasteiger partial charge on any atom is 0.339 e. The second-order valence-electron chi connectivity index (χ2n) is 3.53. The standard InChI is InChI=1S/C12H10ClNO3S/c13-7-1-2-9(14)11(5-7)18-6-10-8(12(15)16)3-4-17-10/h1-5H,6,14H2,(H,15,16). The topological polar surface area (TPSA) is 76.5 Å². The molecule has 0 bridgehead atoms. The number of carboxylic acid groups (broad SMARTS) is 1. The first kappa shape index (κ1) is 12.9. The Labute approximate surface area is 113 Å². The summed E-state index contributed by atoms with van der Waals surface area (Å²) in [6.07, 6.45) is 1.36. The molecule has 0 aliphatic heterocycles. The molecular formula is C12H10ClNO3S. The van der Waals surface area contributed by atoms with Crippen LogP contribution in [0.4, 0.5) is 5.69 Å². The molecule has 4 nitrogen and oxygen atoms in total. The molecule has 1 aromatic carbocycles. The van der Waals surface area contributed by atoms with Crippen LogP contribution in [0.15, 0.2) is 39.8 Å². The van der Waals surface area contributed by atoms with Crippen LogP contribution in [0.1, 0.15) is 16.1 Å². The van der Waals surface area contributed by atoms with Crippen LogP contribution < -0.4 is 5.73 Å². The van der Waals surface area contributed by atoms with Crippen molar-refractivity contribution in [2.24, 2.45) is 0 Å². The Morgan fingerprint density at radius 2 is 2.22 bits per heavy atom. The van der Waals surface area contributed by atoms with Crippen molar-refractivity contribution < 1.29 is 14.3 Å². The number of benzene rings is 1. The van der Waals surface area contributed by atoms with Gasteiger partial charge >= 0.3 is 5.97 Å². The number of nitrogen functional groups attached to an aromatic ring is 1. The Morgan fingerprint density at radius 3 is 2.94 bits per heavy atom. The van der Waals surface area contributed by atoms with Crippen LogP contribution in [-0.4, -0.2) is 11.1 Å². The van der Waals surface area contributed by atoms with Gasteiger partial charge in [-0.05, 0) is 24.3 Å². The molecule has 18 heavy (non-hydrogen) atoms. The third kappa shape index (κ3) is 2.80. The Kier molecular flexibility index (Phi) is 3.84. The van der Waals surface area contributed by atoms with E-state index in [9.17, 15) is 4.79 Å². The summed E-state index contributed by atoms with van der Waals surface area (Å²) >= 11 is 7.26. The van der Waals surface area contributed by atoms with Crippen molar-refractivity contribution in [2.75, 3.05) is 5.73 Å². The van der Waals surface area contributed by atoms with Crippen LogP contribution in [0.5, 0.6) is 0 Å². The highest BCUT2D eigenvalue weighted by Crippen LogP contribution is 2.31. The number of carbonyl (C=O) groups is 1. The van der Waals surface area contributed by atoms with Gasteiger partial charge < -0.3 is 15.3 Å². The lowest BCUT2D eigenvalue weighted by molar-refractivity contribution is 0.0695. The van der Waals surface area contributed by atoms with Crippen LogP contribution in [0, 0.1) is 0 Å². The molecule has 0 saturated carbocycles. The van der Waals surface area contributed by atoms with E-state index in [1.54, 1.807) is 18.2 Å². The second kappa shape index (κ2) is 5.37. The zero-order valence-electron chi connectivity index (χ0n) is 9.22. The average Bonchev–Trinajstić information content (AvgIpc) is 2.79. The van der Waals surface area contributed by atoms with E-state index >= 15 is 0 Å². The lowest BCUT2D eigenvalue weighted by Crippen LogP contribution is -1.97. The lowest BCUT2D eigenvalue weighted by Gasteiger charge is -2.05. The predicted molar refractivity (Wildman–Crippen MR) is 71.1 cm³/mol. The quantitative estimate of drug-likeness (QED) is 0.663. The highest BCUT2D eigenvalue weighted by Gasteiger charge is 2.14. The van der Waals surface area contributed by atoms with E-state index in [1.807, 2.05) is 0 Å². The molecule has 0 aliphatic carbocycles. The maximum atomic E-state index is 10.9. The summed E-state index contributed by atoms with van der Waals surface area (Å²) in [6, 6.07) is 6.59. The summed E-state index contributed by atoms with van der Waals surface area (Å²) in [7, 11) is 0. The molecule has 0 amide bonds. The zero-order valence-corrected chi connectivity index (χ0v) is 10.8. The number of aromatic carboxylic acids is 1. The number of hydrogen-bond donors (Lipinski definition) is 2. The van der Waals surface area contributed by atoms with Crippen molar-refractivity contribution in [1.29, 1.82) is 0 Å². The van der Waals surface area contributed by atoms with Crippen molar-refractivity contribution in [2.45, 2.75) is 10.6 Å². The summed E-state index contributed by atoms with van der Waals surface area (Å²) in [4.78, 5) is 11.7. The number of carboxylic acids is 1. The van der Waals surface area contributed by atoms with Gasteiger partial charge in [0, 0.05) is 15.6 Å². The Balaban J connectivity index is 2.14. The van der Waals surface area contributed by atoms with Crippen molar-refractivity contribution in [3.8, 4) is 0 Å². The minimum atomic E-state index is -1.00. The van der Waals surface area contributed by atoms with Crippen molar-refractivity contribution in [3.63, 3.8) is 0 Å². The molecule has 0 unspecified atom stereocenters. The van der Waals surface area contributed by atoms with Gasteiger partial charge in [-0.15, -0.1) is 11.8 Å². The first-order valence-electron chi connectivity index (χ1n) is 5.05. The van der Waals surface area contributed by atoms with Gasteiger partial charge in [-0.1, -0.05) is 11.6 Å². The SMILES string of the molecule is Nc1ccc(Cl)cc1SCc1occc1C(=O)O. The summed E-state index contributed by atoms with van der Waals surface area (Å²) < 4.78 is 5.14. The Bertz CT molecular complexity index is 582. The summed E-state index contributed by atoms with van der Waals surface area (Å²) in [5.74, 6) is -0.204. The van der Waals surface area contributed by atoms with Gasteiger partial charge in [0.15, 0.2) is 0 Å². The van der Waals surface area contributed by atoms with Gasteiger partial charge in [0.1, 0.15) is 11.3 Å². The van der Waals surface area contributed by atoms with E-state index in [-0.39, 0.29) is 5.56 Å². The molecule has 94 valence electrons. The number of thioether (sulfide) groups is 1. The molecule has 1 aromatic heterocycles. The van der Waals surface area contributed by atoms with Crippen LogP contribution in [0.2, 0.25) is 5.02 Å². The van der Waals surface area contributed by atoms with Crippen LogP contribution in [0.25, 0.3) is 0 Å². The number of halogens is 1. The van der Waals surface area contributed by atoms with Crippen molar-refractivity contribution >= 4 is 35.0 Å². The lowest BCUT2D eigenvalue weighted by atomic mass is 10.3. The number of hydrogen-bond acceptors (Lipinski definition) is 4. The van der Waals surface area contributed by atoms with E-state index in [0.717, 1.165) is 4.90 Å². The first-order valence-corrected chi connectivity index (χ1v) is 6.42. The van der Waals surface area contributed by atoms with Crippen LogP contribution >= 0.6 is 23.4 Å². The normalized spacial score (nSPS) is 10.5. The van der Waals surface area contributed by atoms with Gasteiger partial charge in [-0.2, -0.15) is 0 Å². The second-order valence-corrected chi connectivity index (χ2v) is 4.99. The minimum absolute atomic E-state index is 0.170. The molecule has 0 fully saturated rings. The Morgan fingerprint density at radius 1 is 1.44 bits per heavy atom. The van der Waals surface area contributed by atoms with E-state index in [2.05, 4.69) is 0 Å². The molecule has 1 heterocycles. The molecule has 0 spiro atoms. The molecular weight excluding hydrogens is 274 g/mol. The number of furan rings is 1. The highest BCUT2D eigenvalue weighted by molar-refractivity contribution is 7.98. The fourth-order valence-corrected chi connectivity index (χ4v) is 2.61. The predicted octanol–water partition coefficient (Wildman–Crippen LogP) is 3.51. The van der Waals surface area contributed by atoms with E-state index in [4.69, 9.17) is 26.9 Å². The first-order chi connectivity index (χ1) is 8.58.